The molecule has 1 fully saturated rings. The Balaban J connectivity index is 1.39. The number of piperidine rings is 1. The molecule has 0 bridgehead atoms. The molecule has 2 aliphatic heterocycles. The van der Waals surface area contributed by atoms with Gasteiger partial charge in [-0.05, 0) is 54.2 Å². The lowest BCUT2D eigenvalue weighted by Crippen LogP contribution is -2.46. The van der Waals surface area contributed by atoms with Gasteiger partial charge in [0.2, 0.25) is 0 Å². The lowest BCUT2D eigenvalue weighted by molar-refractivity contribution is 0.210. The molecule has 0 amide bonds. The summed E-state index contributed by atoms with van der Waals surface area (Å²) in [6.45, 7) is 8.86. The van der Waals surface area contributed by atoms with E-state index in [0.29, 0.717) is 6.04 Å². The summed E-state index contributed by atoms with van der Waals surface area (Å²) in [6.07, 6.45) is 4.77. The van der Waals surface area contributed by atoms with Crippen molar-refractivity contribution in [2.24, 2.45) is 5.16 Å². The maximum atomic E-state index is 13.1. The number of nitrogens with zero attached hydrogens (tertiary/aromatic N) is 3. The number of hydrogen-bond acceptors (Lipinski definition) is 4. The van der Waals surface area contributed by atoms with Crippen LogP contribution in [0.3, 0.4) is 0 Å². The van der Waals surface area contributed by atoms with Crippen molar-refractivity contribution in [3.63, 3.8) is 0 Å². The van der Waals surface area contributed by atoms with Gasteiger partial charge < -0.3 is 15.0 Å². The molecule has 2 aromatic rings. The maximum Gasteiger partial charge on any atom is 0.123 e. The van der Waals surface area contributed by atoms with Crippen LogP contribution in [0.1, 0.15) is 43.4 Å². The summed E-state index contributed by atoms with van der Waals surface area (Å²) in [7, 11) is 0. The standard InChI is InChI=1S/C24H30FN3O/c1-24(2)17-28(23-15-19(16-26-29)5-8-22(23)24)21-10-13-27(14-11-21)12-9-18-3-6-20(25)7-4-18/h3-8,15-16,21,29H,9-14,17H2,1-2H3. The SMILES string of the molecule is CC1(C)CN(C2CCN(CCc3ccc(F)cc3)CC2)c2cc(C=NO)ccc21. The molecule has 0 aliphatic carbocycles. The number of hydrogen-bond donors (Lipinski definition) is 1. The average molecular weight is 396 g/mol. The average Bonchev–Trinajstić information content (AvgIpc) is 2.99. The van der Waals surface area contributed by atoms with E-state index in [1.165, 1.54) is 23.0 Å². The summed E-state index contributed by atoms with van der Waals surface area (Å²) in [4.78, 5) is 5.10. The number of fused-ring (bicyclic) bond motifs is 1. The van der Waals surface area contributed by atoms with Crippen LogP contribution in [-0.4, -0.2) is 48.5 Å². The van der Waals surface area contributed by atoms with Crippen molar-refractivity contribution in [3.8, 4) is 0 Å². The zero-order valence-corrected chi connectivity index (χ0v) is 17.3. The monoisotopic (exact) mass is 395 g/mol. The van der Waals surface area contributed by atoms with Gasteiger partial charge in [0.05, 0.1) is 6.21 Å². The molecule has 0 aromatic heterocycles. The molecule has 5 heteroatoms. The molecule has 0 spiro atoms. The summed E-state index contributed by atoms with van der Waals surface area (Å²) >= 11 is 0. The Morgan fingerprint density at radius 1 is 1.14 bits per heavy atom. The second-order valence-corrected chi connectivity index (χ2v) is 8.98. The van der Waals surface area contributed by atoms with Crippen LogP contribution in [0, 0.1) is 5.82 Å². The van der Waals surface area contributed by atoms with E-state index in [1.807, 2.05) is 18.2 Å². The van der Waals surface area contributed by atoms with Crippen LogP contribution >= 0.6 is 0 Å². The Morgan fingerprint density at radius 3 is 2.55 bits per heavy atom. The lowest BCUT2D eigenvalue weighted by Gasteiger charge is -2.38. The second-order valence-electron chi connectivity index (χ2n) is 8.98. The Labute approximate surface area is 172 Å². The molecule has 0 radical (unpaired) electrons. The molecular weight excluding hydrogens is 365 g/mol. The number of benzene rings is 2. The summed E-state index contributed by atoms with van der Waals surface area (Å²) in [5.74, 6) is -0.170. The Bertz CT molecular complexity index is 870. The van der Waals surface area contributed by atoms with E-state index in [-0.39, 0.29) is 11.2 Å². The van der Waals surface area contributed by atoms with Crippen LogP contribution < -0.4 is 4.90 Å². The highest BCUT2D eigenvalue weighted by molar-refractivity contribution is 5.82. The van der Waals surface area contributed by atoms with E-state index in [2.05, 4.69) is 40.9 Å². The first kappa shape index (κ1) is 19.9. The predicted molar refractivity (Wildman–Crippen MR) is 116 cm³/mol. The molecule has 0 atom stereocenters. The zero-order chi connectivity index (χ0) is 20.4. The van der Waals surface area contributed by atoms with Gasteiger partial charge in [0.15, 0.2) is 0 Å². The minimum Gasteiger partial charge on any atom is -0.411 e. The van der Waals surface area contributed by atoms with Crippen molar-refractivity contribution in [1.82, 2.24) is 4.90 Å². The smallest absolute Gasteiger partial charge is 0.123 e. The molecule has 154 valence electrons. The Kier molecular flexibility index (Phi) is 5.59. The van der Waals surface area contributed by atoms with Gasteiger partial charge in [0, 0.05) is 43.3 Å². The van der Waals surface area contributed by atoms with Crippen LogP contribution in [-0.2, 0) is 11.8 Å². The van der Waals surface area contributed by atoms with Gasteiger partial charge in [-0.25, -0.2) is 4.39 Å². The summed E-state index contributed by atoms with van der Waals surface area (Å²) in [6, 6.07) is 13.8. The van der Waals surface area contributed by atoms with E-state index in [1.54, 1.807) is 12.1 Å². The number of oxime groups is 1. The summed E-state index contributed by atoms with van der Waals surface area (Å²) in [5, 5.41) is 12.1. The molecule has 4 rings (SSSR count). The number of anilines is 1. The van der Waals surface area contributed by atoms with Crippen LogP contribution in [0.5, 0.6) is 0 Å². The van der Waals surface area contributed by atoms with Gasteiger partial charge >= 0.3 is 0 Å². The van der Waals surface area contributed by atoms with E-state index < -0.39 is 0 Å². The highest BCUT2D eigenvalue weighted by atomic mass is 19.1. The molecule has 0 saturated carbocycles. The number of rotatable bonds is 5. The molecule has 1 saturated heterocycles. The topological polar surface area (TPSA) is 39.1 Å². The maximum absolute atomic E-state index is 13.1. The van der Waals surface area contributed by atoms with E-state index >= 15 is 0 Å². The third-order valence-corrected chi connectivity index (χ3v) is 6.46. The van der Waals surface area contributed by atoms with Crippen LogP contribution in [0.25, 0.3) is 0 Å². The van der Waals surface area contributed by atoms with E-state index in [4.69, 9.17) is 5.21 Å². The molecule has 2 heterocycles. The van der Waals surface area contributed by atoms with Gasteiger partial charge in [-0.1, -0.05) is 43.3 Å². The van der Waals surface area contributed by atoms with Crippen molar-refractivity contribution in [2.75, 3.05) is 31.1 Å². The number of halogens is 1. The Morgan fingerprint density at radius 2 is 1.86 bits per heavy atom. The highest BCUT2D eigenvalue weighted by Crippen LogP contribution is 2.43. The minimum atomic E-state index is -0.170. The van der Waals surface area contributed by atoms with E-state index in [0.717, 1.165) is 51.0 Å². The quantitative estimate of drug-likeness (QED) is 0.462. The van der Waals surface area contributed by atoms with Crippen molar-refractivity contribution in [1.29, 1.82) is 0 Å². The van der Waals surface area contributed by atoms with E-state index in [9.17, 15) is 4.39 Å². The molecule has 0 unspecified atom stereocenters. The van der Waals surface area contributed by atoms with Gasteiger partial charge in [-0.2, -0.15) is 0 Å². The molecular formula is C24H30FN3O. The third-order valence-electron chi connectivity index (χ3n) is 6.46. The molecule has 4 nitrogen and oxygen atoms in total. The van der Waals surface area contributed by atoms with Gasteiger partial charge in [0.25, 0.3) is 0 Å². The molecule has 29 heavy (non-hydrogen) atoms. The highest BCUT2D eigenvalue weighted by Gasteiger charge is 2.38. The third kappa shape index (κ3) is 4.30. The fourth-order valence-corrected chi connectivity index (χ4v) is 4.82. The first-order valence-corrected chi connectivity index (χ1v) is 10.5. The summed E-state index contributed by atoms with van der Waals surface area (Å²) in [5.41, 5.74) is 4.93. The van der Waals surface area contributed by atoms with Crippen molar-refractivity contribution < 1.29 is 9.60 Å². The summed E-state index contributed by atoms with van der Waals surface area (Å²) < 4.78 is 13.1. The van der Waals surface area contributed by atoms with Crippen LogP contribution in [0.15, 0.2) is 47.6 Å². The zero-order valence-electron chi connectivity index (χ0n) is 17.3. The number of likely N-dealkylation sites (tertiary alicyclic amines) is 1. The van der Waals surface area contributed by atoms with Crippen LogP contribution in [0.4, 0.5) is 10.1 Å². The first-order chi connectivity index (χ1) is 14.0. The predicted octanol–water partition coefficient (Wildman–Crippen LogP) is 4.44. The second kappa shape index (κ2) is 8.15. The van der Waals surface area contributed by atoms with Crippen molar-refractivity contribution in [2.45, 2.75) is 44.6 Å². The van der Waals surface area contributed by atoms with Gasteiger partial charge in [-0.15, -0.1) is 0 Å². The minimum absolute atomic E-state index is 0.129. The first-order valence-electron chi connectivity index (χ1n) is 10.5. The van der Waals surface area contributed by atoms with Crippen molar-refractivity contribution >= 4 is 11.9 Å². The molecule has 2 aromatic carbocycles. The largest absolute Gasteiger partial charge is 0.411 e. The molecule has 1 N–H and O–H groups in total. The van der Waals surface area contributed by atoms with Crippen LogP contribution in [0.2, 0.25) is 0 Å². The fourth-order valence-electron chi connectivity index (χ4n) is 4.82. The van der Waals surface area contributed by atoms with Gasteiger partial charge in [-0.3, -0.25) is 0 Å². The fraction of sp³-hybridized carbons (Fsp3) is 0.458. The van der Waals surface area contributed by atoms with Crippen molar-refractivity contribution in [3.05, 3.63) is 65.0 Å². The lowest BCUT2D eigenvalue weighted by atomic mass is 9.86. The van der Waals surface area contributed by atoms with Gasteiger partial charge in [0.1, 0.15) is 5.82 Å². The molecule has 2 aliphatic rings. The normalized spacial score (nSPS) is 19.8. The Hall–Kier alpha value is -2.40.